The number of hydrogen-bond acceptors (Lipinski definition) is 1. The quantitative estimate of drug-likeness (QED) is 0.462. The lowest BCUT2D eigenvalue weighted by molar-refractivity contribution is 0.629. The van der Waals surface area contributed by atoms with Gasteiger partial charge in [-0.1, -0.05) is 60.7 Å². The van der Waals surface area contributed by atoms with Crippen molar-refractivity contribution in [1.82, 2.24) is 4.98 Å². The largest absolute Gasteiger partial charge is 0.248 e. The molecule has 0 spiro atoms. The second-order valence-electron chi connectivity index (χ2n) is 5.45. The van der Waals surface area contributed by atoms with E-state index in [9.17, 15) is 4.39 Å². The number of benzene rings is 3. The monoisotopic (exact) mass is 299 g/mol. The van der Waals surface area contributed by atoms with Crippen LogP contribution in [0.4, 0.5) is 4.39 Å². The summed E-state index contributed by atoms with van der Waals surface area (Å²) in [7, 11) is 0. The van der Waals surface area contributed by atoms with Crippen LogP contribution in [-0.2, 0) is 0 Å². The van der Waals surface area contributed by atoms with E-state index < -0.39 is 0 Å². The van der Waals surface area contributed by atoms with Crippen LogP contribution in [0, 0.1) is 5.82 Å². The molecule has 0 unspecified atom stereocenters. The van der Waals surface area contributed by atoms with E-state index in [0.29, 0.717) is 0 Å². The van der Waals surface area contributed by atoms with Gasteiger partial charge >= 0.3 is 0 Å². The Bertz CT molecular complexity index is 963. The summed E-state index contributed by atoms with van der Waals surface area (Å²) in [6.45, 7) is 0. The zero-order valence-electron chi connectivity index (χ0n) is 12.4. The first-order chi connectivity index (χ1) is 11.3. The SMILES string of the molecule is Fc1ccc2nc(-c3ccccc3)cc(-c3ccccc3)c2c1. The first-order valence-corrected chi connectivity index (χ1v) is 7.52. The van der Waals surface area contributed by atoms with Gasteiger partial charge < -0.3 is 0 Å². The maximum atomic E-state index is 13.7. The molecular weight excluding hydrogens is 285 g/mol. The average molecular weight is 299 g/mol. The maximum absolute atomic E-state index is 13.7. The highest BCUT2D eigenvalue weighted by atomic mass is 19.1. The zero-order chi connectivity index (χ0) is 15.6. The number of fused-ring (bicyclic) bond motifs is 1. The van der Waals surface area contributed by atoms with Crippen LogP contribution in [0.5, 0.6) is 0 Å². The molecule has 4 aromatic rings. The zero-order valence-corrected chi connectivity index (χ0v) is 12.4. The minimum atomic E-state index is -0.246. The van der Waals surface area contributed by atoms with Gasteiger partial charge in [0.25, 0.3) is 0 Å². The molecule has 0 atom stereocenters. The van der Waals surface area contributed by atoms with Crippen molar-refractivity contribution in [3.63, 3.8) is 0 Å². The molecule has 3 aromatic carbocycles. The van der Waals surface area contributed by atoms with E-state index in [1.165, 1.54) is 6.07 Å². The van der Waals surface area contributed by atoms with Crippen LogP contribution < -0.4 is 0 Å². The molecule has 23 heavy (non-hydrogen) atoms. The topological polar surface area (TPSA) is 12.9 Å². The lowest BCUT2D eigenvalue weighted by atomic mass is 9.98. The fraction of sp³-hybridized carbons (Fsp3) is 0. The van der Waals surface area contributed by atoms with Crippen LogP contribution in [0.2, 0.25) is 0 Å². The molecule has 0 saturated carbocycles. The number of aromatic nitrogens is 1. The molecule has 4 rings (SSSR count). The van der Waals surface area contributed by atoms with Gasteiger partial charge in [0.1, 0.15) is 5.82 Å². The Balaban J connectivity index is 2.04. The molecule has 110 valence electrons. The van der Waals surface area contributed by atoms with Crippen molar-refractivity contribution >= 4 is 10.9 Å². The molecule has 1 heterocycles. The Morgan fingerprint density at radius 2 is 1.30 bits per heavy atom. The third kappa shape index (κ3) is 2.59. The lowest BCUT2D eigenvalue weighted by Gasteiger charge is -2.10. The molecule has 0 aliphatic rings. The van der Waals surface area contributed by atoms with Crippen molar-refractivity contribution in [1.29, 1.82) is 0 Å². The first-order valence-electron chi connectivity index (χ1n) is 7.52. The van der Waals surface area contributed by atoms with Crippen molar-refractivity contribution in [3.05, 3.63) is 90.7 Å². The van der Waals surface area contributed by atoms with E-state index in [4.69, 9.17) is 4.98 Å². The van der Waals surface area contributed by atoms with Crippen LogP contribution >= 0.6 is 0 Å². The molecule has 1 aromatic heterocycles. The third-order valence-electron chi connectivity index (χ3n) is 3.93. The van der Waals surface area contributed by atoms with Crippen molar-refractivity contribution in [2.45, 2.75) is 0 Å². The molecule has 0 saturated heterocycles. The molecule has 2 heteroatoms. The van der Waals surface area contributed by atoms with Gasteiger partial charge in [-0.05, 0) is 35.4 Å². The summed E-state index contributed by atoms with van der Waals surface area (Å²) in [5.41, 5.74) is 4.79. The molecule has 0 amide bonds. The summed E-state index contributed by atoms with van der Waals surface area (Å²) < 4.78 is 13.7. The van der Waals surface area contributed by atoms with Crippen LogP contribution in [0.25, 0.3) is 33.3 Å². The number of rotatable bonds is 2. The number of pyridine rings is 1. The Hall–Kier alpha value is -3.00. The van der Waals surface area contributed by atoms with Gasteiger partial charge in [-0.2, -0.15) is 0 Å². The second-order valence-corrected chi connectivity index (χ2v) is 5.45. The number of halogens is 1. The molecule has 0 aliphatic carbocycles. The Labute approximate surface area is 134 Å². The number of hydrogen-bond donors (Lipinski definition) is 0. The number of nitrogens with zero attached hydrogens (tertiary/aromatic N) is 1. The molecule has 0 radical (unpaired) electrons. The molecular formula is C21H14FN. The van der Waals surface area contributed by atoms with Crippen LogP contribution in [0.15, 0.2) is 84.9 Å². The lowest BCUT2D eigenvalue weighted by Crippen LogP contribution is -1.90. The van der Waals surface area contributed by atoms with Gasteiger partial charge in [0, 0.05) is 10.9 Å². The van der Waals surface area contributed by atoms with Crippen LogP contribution in [0.1, 0.15) is 0 Å². The van der Waals surface area contributed by atoms with Crippen LogP contribution in [0.3, 0.4) is 0 Å². The van der Waals surface area contributed by atoms with E-state index >= 15 is 0 Å². The average Bonchev–Trinajstić information content (AvgIpc) is 2.62. The molecule has 0 bridgehead atoms. The van der Waals surface area contributed by atoms with Crippen LogP contribution in [-0.4, -0.2) is 4.98 Å². The van der Waals surface area contributed by atoms with Gasteiger partial charge in [-0.3, -0.25) is 0 Å². The molecule has 0 N–H and O–H groups in total. The standard InChI is InChI=1S/C21H14FN/c22-17-11-12-20-19(13-17)18(15-7-3-1-4-8-15)14-21(23-20)16-9-5-2-6-10-16/h1-14H. The van der Waals surface area contributed by atoms with E-state index in [-0.39, 0.29) is 5.82 Å². The molecule has 0 fully saturated rings. The van der Waals surface area contributed by atoms with Crippen molar-refractivity contribution in [3.8, 4) is 22.4 Å². The Morgan fingerprint density at radius 3 is 2.00 bits per heavy atom. The summed E-state index contributed by atoms with van der Waals surface area (Å²) in [5, 5.41) is 0.830. The third-order valence-corrected chi connectivity index (χ3v) is 3.93. The fourth-order valence-corrected chi connectivity index (χ4v) is 2.81. The highest BCUT2D eigenvalue weighted by Gasteiger charge is 2.10. The molecule has 0 aliphatic heterocycles. The van der Waals surface area contributed by atoms with Gasteiger partial charge in [0.05, 0.1) is 11.2 Å². The summed E-state index contributed by atoms with van der Waals surface area (Å²) >= 11 is 0. The van der Waals surface area contributed by atoms with Gasteiger partial charge in [-0.25, -0.2) is 9.37 Å². The maximum Gasteiger partial charge on any atom is 0.123 e. The smallest absolute Gasteiger partial charge is 0.123 e. The predicted molar refractivity (Wildman–Crippen MR) is 92.6 cm³/mol. The summed E-state index contributed by atoms with van der Waals surface area (Å²) in [4.78, 5) is 4.71. The van der Waals surface area contributed by atoms with Gasteiger partial charge in [-0.15, -0.1) is 0 Å². The summed E-state index contributed by atoms with van der Waals surface area (Å²) in [6, 6.07) is 26.9. The van der Waals surface area contributed by atoms with Gasteiger partial charge in [0.2, 0.25) is 0 Å². The van der Waals surface area contributed by atoms with Crippen molar-refractivity contribution in [2.75, 3.05) is 0 Å². The minimum Gasteiger partial charge on any atom is -0.248 e. The van der Waals surface area contributed by atoms with Crippen molar-refractivity contribution < 1.29 is 4.39 Å². The second kappa shape index (κ2) is 5.65. The van der Waals surface area contributed by atoms with Crippen molar-refractivity contribution in [2.24, 2.45) is 0 Å². The highest BCUT2D eigenvalue weighted by Crippen LogP contribution is 2.32. The summed E-state index contributed by atoms with van der Waals surface area (Å²) in [5.74, 6) is -0.246. The highest BCUT2D eigenvalue weighted by molar-refractivity contribution is 5.96. The molecule has 1 nitrogen and oxygen atoms in total. The normalized spacial score (nSPS) is 10.8. The Kier molecular flexibility index (Phi) is 3.35. The minimum absolute atomic E-state index is 0.246. The van der Waals surface area contributed by atoms with E-state index in [0.717, 1.165) is 33.3 Å². The fourth-order valence-electron chi connectivity index (χ4n) is 2.81. The predicted octanol–water partition coefficient (Wildman–Crippen LogP) is 5.71. The summed E-state index contributed by atoms with van der Waals surface area (Å²) in [6.07, 6.45) is 0. The Morgan fingerprint density at radius 1 is 0.652 bits per heavy atom. The van der Waals surface area contributed by atoms with E-state index in [2.05, 4.69) is 0 Å². The van der Waals surface area contributed by atoms with E-state index in [1.54, 1.807) is 12.1 Å². The first kappa shape index (κ1) is 13.6. The van der Waals surface area contributed by atoms with Gasteiger partial charge in [0.15, 0.2) is 0 Å². The van der Waals surface area contributed by atoms with E-state index in [1.807, 2.05) is 66.7 Å².